The lowest BCUT2D eigenvalue weighted by molar-refractivity contribution is -0.0841. The van der Waals surface area contributed by atoms with Gasteiger partial charge < -0.3 is 24.7 Å². The molecule has 178 valence electrons. The molecule has 0 saturated carbocycles. The van der Waals surface area contributed by atoms with Crippen LogP contribution in [0.25, 0.3) is 0 Å². The predicted octanol–water partition coefficient (Wildman–Crippen LogP) is 4.10. The number of benzene rings is 1. The summed E-state index contributed by atoms with van der Waals surface area (Å²) in [4.78, 5) is 30.4. The molecule has 1 atom stereocenters. The fourth-order valence-corrected chi connectivity index (χ4v) is 5.08. The summed E-state index contributed by atoms with van der Waals surface area (Å²) in [5.41, 5.74) is 3.04. The Kier molecular flexibility index (Phi) is 6.47. The molecule has 3 heterocycles. The van der Waals surface area contributed by atoms with Gasteiger partial charge in [-0.05, 0) is 77.4 Å². The van der Waals surface area contributed by atoms with E-state index >= 15 is 0 Å². The van der Waals surface area contributed by atoms with E-state index in [0.29, 0.717) is 39.1 Å². The predicted molar refractivity (Wildman–Crippen MR) is 128 cm³/mol. The molecule has 8 heteroatoms. The monoisotopic (exact) mass is 473 g/mol. The number of rotatable bonds is 5. The molecule has 2 aliphatic heterocycles. The second-order valence-electron chi connectivity index (χ2n) is 9.60. The van der Waals surface area contributed by atoms with Gasteiger partial charge in [-0.3, -0.25) is 9.59 Å². The molecule has 2 aromatic rings. The SMILES string of the molecule is Cc1cc(C)c(CNC(=O)c2cc(Cl)c3c(c2C)OC(C)(CC2CCN(C)CC2)O3)c(=O)[nH]1. The number of carbonyl (C=O) groups is 1. The molecular weight excluding hydrogens is 442 g/mol. The smallest absolute Gasteiger partial charge is 0.253 e. The molecule has 2 N–H and O–H groups in total. The number of aromatic nitrogens is 1. The zero-order valence-corrected chi connectivity index (χ0v) is 20.7. The topological polar surface area (TPSA) is 83.7 Å². The first-order valence-electron chi connectivity index (χ1n) is 11.4. The Labute approximate surface area is 199 Å². The summed E-state index contributed by atoms with van der Waals surface area (Å²) in [5, 5.41) is 3.19. The van der Waals surface area contributed by atoms with Crippen LogP contribution in [0.2, 0.25) is 5.02 Å². The van der Waals surface area contributed by atoms with Gasteiger partial charge in [-0.2, -0.15) is 0 Å². The van der Waals surface area contributed by atoms with Gasteiger partial charge in [-0.15, -0.1) is 0 Å². The van der Waals surface area contributed by atoms with Gasteiger partial charge in [0.2, 0.25) is 5.79 Å². The van der Waals surface area contributed by atoms with Crippen molar-refractivity contribution in [1.82, 2.24) is 15.2 Å². The maximum absolute atomic E-state index is 13.0. The van der Waals surface area contributed by atoms with Crippen LogP contribution in [0.5, 0.6) is 11.5 Å². The zero-order chi connectivity index (χ0) is 23.9. The third kappa shape index (κ3) is 4.89. The van der Waals surface area contributed by atoms with E-state index in [1.54, 1.807) is 6.07 Å². The van der Waals surface area contributed by atoms with E-state index in [4.69, 9.17) is 21.1 Å². The molecule has 4 rings (SSSR count). The fourth-order valence-electron chi connectivity index (χ4n) is 4.85. The second kappa shape index (κ2) is 9.03. The number of halogens is 1. The van der Waals surface area contributed by atoms with Gasteiger partial charge in [0.15, 0.2) is 11.5 Å². The van der Waals surface area contributed by atoms with Crippen LogP contribution in [-0.4, -0.2) is 41.7 Å². The number of likely N-dealkylation sites (tertiary alicyclic amines) is 1. The number of hydrogen-bond donors (Lipinski definition) is 2. The van der Waals surface area contributed by atoms with Crippen molar-refractivity contribution in [2.75, 3.05) is 20.1 Å². The summed E-state index contributed by atoms with van der Waals surface area (Å²) >= 11 is 6.52. The number of H-pyrrole nitrogens is 1. The van der Waals surface area contributed by atoms with Crippen LogP contribution in [0.3, 0.4) is 0 Å². The number of nitrogens with one attached hydrogen (secondary N) is 2. The summed E-state index contributed by atoms with van der Waals surface area (Å²) in [6, 6.07) is 3.50. The number of fused-ring (bicyclic) bond motifs is 1. The Bertz CT molecular complexity index is 1140. The summed E-state index contributed by atoms with van der Waals surface area (Å²) in [7, 11) is 2.14. The molecule has 0 aliphatic carbocycles. The van der Waals surface area contributed by atoms with E-state index in [2.05, 4.69) is 22.2 Å². The van der Waals surface area contributed by atoms with E-state index in [1.165, 1.54) is 0 Å². The average molecular weight is 474 g/mol. The highest BCUT2D eigenvalue weighted by molar-refractivity contribution is 6.33. The first kappa shape index (κ1) is 23.6. The van der Waals surface area contributed by atoms with Crippen LogP contribution in [0.4, 0.5) is 0 Å². The molecule has 0 radical (unpaired) electrons. The van der Waals surface area contributed by atoms with Crippen molar-refractivity contribution in [2.24, 2.45) is 5.92 Å². The first-order chi connectivity index (χ1) is 15.6. The molecule has 1 aromatic carbocycles. The number of ether oxygens (including phenoxy) is 2. The Morgan fingerprint density at radius 3 is 2.55 bits per heavy atom. The lowest BCUT2D eigenvalue weighted by atomic mass is 9.90. The number of aromatic amines is 1. The number of piperidine rings is 1. The second-order valence-corrected chi connectivity index (χ2v) is 10.0. The summed E-state index contributed by atoms with van der Waals surface area (Å²) < 4.78 is 12.5. The van der Waals surface area contributed by atoms with Crippen molar-refractivity contribution in [3.63, 3.8) is 0 Å². The van der Waals surface area contributed by atoms with Crippen molar-refractivity contribution in [2.45, 2.75) is 59.3 Å². The molecule has 2 aliphatic rings. The van der Waals surface area contributed by atoms with Crippen molar-refractivity contribution in [3.05, 3.63) is 55.5 Å². The summed E-state index contributed by atoms with van der Waals surface area (Å²) in [6.45, 7) is 9.72. The largest absolute Gasteiger partial charge is 0.448 e. The highest BCUT2D eigenvalue weighted by Gasteiger charge is 2.42. The molecule has 0 spiro atoms. The number of nitrogens with zero attached hydrogens (tertiary/aromatic N) is 1. The van der Waals surface area contributed by atoms with Crippen LogP contribution in [-0.2, 0) is 6.54 Å². The van der Waals surface area contributed by atoms with Gasteiger partial charge in [0, 0.05) is 42.3 Å². The van der Waals surface area contributed by atoms with Gasteiger partial charge >= 0.3 is 0 Å². The van der Waals surface area contributed by atoms with Crippen LogP contribution in [0, 0.1) is 26.7 Å². The summed E-state index contributed by atoms with van der Waals surface area (Å²) in [6.07, 6.45) is 2.97. The third-order valence-electron chi connectivity index (χ3n) is 6.74. The number of carbonyl (C=O) groups excluding carboxylic acids is 1. The first-order valence-corrected chi connectivity index (χ1v) is 11.8. The number of aryl methyl sites for hydroxylation is 2. The molecule has 7 nitrogen and oxygen atoms in total. The molecule has 1 unspecified atom stereocenters. The van der Waals surface area contributed by atoms with Crippen LogP contribution in [0.15, 0.2) is 16.9 Å². The Balaban J connectivity index is 1.50. The van der Waals surface area contributed by atoms with Gasteiger partial charge in [0.05, 0.1) is 5.02 Å². The number of pyridine rings is 1. The quantitative estimate of drug-likeness (QED) is 0.683. The lowest BCUT2D eigenvalue weighted by Crippen LogP contribution is -2.40. The average Bonchev–Trinajstić information content (AvgIpc) is 3.09. The standard InChI is InChI=1S/C25H32ClN3O4/c1-14-10-15(2)28-24(31)19(14)13-27-23(30)18-11-20(26)22-21(16(18)3)32-25(4,33-22)12-17-6-8-29(5)9-7-17/h10-11,17H,6-9,12-13H2,1-5H3,(H,27,30)(H,28,31). The molecule has 1 saturated heterocycles. The van der Waals surface area contributed by atoms with Crippen molar-refractivity contribution in [3.8, 4) is 11.5 Å². The molecule has 1 amide bonds. The minimum absolute atomic E-state index is 0.125. The number of amides is 1. The fraction of sp³-hybridized carbons (Fsp3) is 0.520. The normalized spacial score (nSPS) is 20.8. The minimum Gasteiger partial charge on any atom is -0.448 e. The van der Waals surface area contributed by atoms with E-state index < -0.39 is 5.79 Å². The molecule has 0 bridgehead atoms. The van der Waals surface area contributed by atoms with E-state index in [0.717, 1.165) is 43.6 Å². The maximum Gasteiger partial charge on any atom is 0.253 e. The molecule has 33 heavy (non-hydrogen) atoms. The maximum atomic E-state index is 13.0. The van der Waals surface area contributed by atoms with Crippen molar-refractivity contribution in [1.29, 1.82) is 0 Å². The van der Waals surface area contributed by atoms with Gasteiger partial charge in [0.1, 0.15) is 0 Å². The highest BCUT2D eigenvalue weighted by Crippen LogP contribution is 2.49. The summed E-state index contributed by atoms with van der Waals surface area (Å²) in [5.74, 6) is 0.403. The lowest BCUT2D eigenvalue weighted by Gasteiger charge is -2.33. The molecule has 1 fully saturated rings. The Hall–Kier alpha value is -2.51. The van der Waals surface area contributed by atoms with E-state index in [9.17, 15) is 9.59 Å². The van der Waals surface area contributed by atoms with Gasteiger partial charge in [-0.25, -0.2) is 0 Å². The van der Waals surface area contributed by atoms with Gasteiger partial charge in [0.25, 0.3) is 11.5 Å². The van der Waals surface area contributed by atoms with Crippen LogP contribution >= 0.6 is 11.6 Å². The van der Waals surface area contributed by atoms with Crippen LogP contribution < -0.4 is 20.3 Å². The zero-order valence-electron chi connectivity index (χ0n) is 19.9. The van der Waals surface area contributed by atoms with E-state index in [1.807, 2.05) is 33.8 Å². The number of hydrogen-bond acceptors (Lipinski definition) is 5. The third-order valence-corrected chi connectivity index (χ3v) is 7.02. The van der Waals surface area contributed by atoms with E-state index in [-0.39, 0.29) is 18.0 Å². The van der Waals surface area contributed by atoms with Crippen LogP contribution in [0.1, 0.15) is 58.9 Å². The molecular formula is C25H32ClN3O4. The molecule has 1 aromatic heterocycles. The minimum atomic E-state index is -0.807. The Morgan fingerprint density at radius 1 is 1.21 bits per heavy atom. The Morgan fingerprint density at radius 2 is 1.88 bits per heavy atom. The van der Waals surface area contributed by atoms with Gasteiger partial charge in [-0.1, -0.05) is 11.6 Å². The van der Waals surface area contributed by atoms with Crippen molar-refractivity contribution < 1.29 is 14.3 Å². The highest BCUT2D eigenvalue weighted by atomic mass is 35.5. The van der Waals surface area contributed by atoms with Crippen molar-refractivity contribution >= 4 is 17.5 Å².